The van der Waals surface area contributed by atoms with Gasteiger partial charge >= 0.3 is 6.18 Å². The van der Waals surface area contributed by atoms with E-state index in [4.69, 9.17) is 5.11 Å². The van der Waals surface area contributed by atoms with Crippen LogP contribution in [0.3, 0.4) is 0 Å². The molecule has 0 amide bonds. The summed E-state index contributed by atoms with van der Waals surface area (Å²) in [7, 11) is 0. The second kappa shape index (κ2) is 4.81. The number of rotatable bonds is 4. The van der Waals surface area contributed by atoms with E-state index in [1.165, 1.54) is 0 Å². The van der Waals surface area contributed by atoms with Gasteiger partial charge < -0.3 is 10.2 Å². The third-order valence-corrected chi connectivity index (χ3v) is 1.80. The van der Waals surface area contributed by atoms with Gasteiger partial charge in [0.05, 0.1) is 12.2 Å². The van der Waals surface area contributed by atoms with E-state index >= 15 is 0 Å². The molecule has 0 rings (SSSR count). The van der Waals surface area contributed by atoms with E-state index in [-0.39, 0.29) is 5.92 Å². The van der Waals surface area contributed by atoms with Gasteiger partial charge in [-0.2, -0.15) is 13.2 Å². The molecule has 0 aliphatic rings. The summed E-state index contributed by atoms with van der Waals surface area (Å²) in [6.07, 6.45) is -8.14. The maximum absolute atomic E-state index is 11.7. The van der Waals surface area contributed by atoms with E-state index < -0.39 is 31.2 Å². The Balaban J connectivity index is 3.81. The zero-order valence-corrected chi connectivity index (χ0v) is 7.67. The van der Waals surface area contributed by atoms with Crippen LogP contribution >= 0.6 is 0 Å². The predicted molar refractivity (Wildman–Crippen MR) is 42.1 cm³/mol. The smallest absolute Gasteiger partial charge is 0.389 e. The first-order valence-electron chi connectivity index (χ1n) is 4.17. The molecule has 0 aromatic heterocycles. The number of halogens is 3. The zero-order valence-electron chi connectivity index (χ0n) is 7.67. The molecule has 0 aromatic carbocycles. The molecule has 0 aliphatic carbocycles. The average molecular weight is 200 g/mol. The van der Waals surface area contributed by atoms with E-state index in [0.29, 0.717) is 0 Å². The van der Waals surface area contributed by atoms with Crippen LogP contribution in [0.5, 0.6) is 0 Å². The van der Waals surface area contributed by atoms with Crippen LogP contribution in [0.2, 0.25) is 0 Å². The molecule has 0 saturated heterocycles. The van der Waals surface area contributed by atoms with Crippen LogP contribution < -0.4 is 0 Å². The molecule has 5 heteroatoms. The average Bonchev–Trinajstić information content (AvgIpc) is 1.97. The Morgan fingerprint density at radius 3 is 1.92 bits per heavy atom. The van der Waals surface area contributed by atoms with Crippen molar-refractivity contribution in [3.63, 3.8) is 0 Å². The Bertz CT molecular complexity index is 145. The Kier molecular flexibility index (Phi) is 4.70. The van der Waals surface area contributed by atoms with Gasteiger partial charge in [-0.3, -0.25) is 0 Å². The van der Waals surface area contributed by atoms with Crippen molar-refractivity contribution in [2.24, 2.45) is 5.92 Å². The van der Waals surface area contributed by atoms with Crippen molar-refractivity contribution in [2.75, 3.05) is 0 Å². The van der Waals surface area contributed by atoms with Crippen LogP contribution in [0, 0.1) is 5.92 Å². The topological polar surface area (TPSA) is 40.5 Å². The molecule has 0 aromatic rings. The first-order chi connectivity index (χ1) is 5.74. The number of alkyl halides is 3. The van der Waals surface area contributed by atoms with Crippen molar-refractivity contribution in [2.45, 2.75) is 45.1 Å². The molecule has 0 saturated carbocycles. The minimum Gasteiger partial charge on any atom is -0.390 e. The Morgan fingerprint density at radius 1 is 1.15 bits per heavy atom. The number of hydrogen-bond acceptors (Lipinski definition) is 2. The highest BCUT2D eigenvalue weighted by molar-refractivity contribution is 4.71. The van der Waals surface area contributed by atoms with Crippen molar-refractivity contribution in [3.8, 4) is 0 Å². The van der Waals surface area contributed by atoms with E-state index in [1.54, 1.807) is 13.8 Å². The first kappa shape index (κ1) is 12.7. The van der Waals surface area contributed by atoms with Crippen LogP contribution in [0.1, 0.15) is 26.7 Å². The Hall–Kier alpha value is -0.290. The summed E-state index contributed by atoms with van der Waals surface area (Å²) in [5, 5.41) is 18.3. The van der Waals surface area contributed by atoms with Crippen molar-refractivity contribution in [3.05, 3.63) is 0 Å². The lowest BCUT2D eigenvalue weighted by Gasteiger charge is -2.21. The fourth-order valence-electron chi connectivity index (χ4n) is 0.927. The standard InChI is InChI=1S/C8H15F3O2/c1-5(2)7(13)6(12)3-4-8(9,10)11/h5-7,12-13H,3-4H2,1-2H3. The number of aliphatic hydroxyl groups is 2. The summed E-state index contributed by atoms with van der Waals surface area (Å²) in [4.78, 5) is 0. The van der Waals surface area contributed by atoms with Crippen LogP contribution in [0.15, 0.2) is 0 Å². The lowest BCUT2D eigenvalue weighted by molar-refractivity contribution is -0.144. The van der Waals surface area contributed by atoms with E-state index in [9.17, 15) is 18.3 Å². The van der Waals surface area contributed by atoms with Crippen LogP contribution in [0.25, 0.3) is 0 Å². The summed E-state index contributed by atoms with van der Waals surface area (Å²) >= 11 is 0. The van der Waals surface area contributed by atoms with Crippen LogP contribution in [0.4, 0.5) is 13.2 Å². The second-order valence-electron chi connectivity index (χ2n) is 3.46. The highest BCUT2D eigenvalue weighted by Crippen LogP contribution is 2.23. The van der Waals surface area contributed by atoms with Gasteiger partial charge in [-0.25, -0.2) is 0 Å². The molecule has 2 atom stereocenters. The van der Waals surface area contributed by atoms with Gasteiger partial charge in [0.15, 0.2) is 0 Å². The molecular formula is C8H15F3O2. The SMILES string of the molecule is CC(C)C(O)C(O)CCC(F)(F)F. The van der Waals surface area contributed by atoms with Crippen molar-refractivity contribution >= 4 is 0 Å². The monoisotopic (exact) mass is 200 g/mol. The lowest BCUT2D eigenvalue weighted by atomic mass is 9.98. The molecule has 0 radical (unpaired) electrons. The molecular weight excluding hydrogens is 185 g/mol. The maximum Gasteiger partial charge on any atom is 0.389 e. The first-order valence-corrected chi connectivity index (χ1v) is 4.17. The molecule has 0 bridgehead atoms. The van der Waals surface area contributed by atoms with E-state index in [1.807, 2.05) is 0 Å². The molecule has 2 N–H and O–H groups in total. The summed E-state index contributed by atoms with van der Waals surface area (Å²) in [6.45, 7) is 3.28. The quantitative estimate of drug-likeness (QED) is 0.725. The molecule has 0 spiro atoms. The maximum atomic E-state index is 11.7. The number of hydrogen-bond donors (Lipinski definition) is 2. The summed E-state index contributed by atoms with van der Waals surface area (Å²) < 4.78 is 35.1. The lowest BCUT2D eigenvalue weighted by Crippen LogP contribution is -2.31. The molecule has 0 heterocycles. The minimum atomic E-state index is -4.27. The van der Waals surface area contributed by atoms with Crippen molar-refractivity contribution in [1.82, 2.24) is 0 Å². The highest BCUT2D eigenvalue weighted by atomic mass is 19.4. The third-order valence-electron chi connectivity index (χ3n) is 1.80. The summed E-state index contributed by atoms with van der Waals surface area (Å²) in [5.41, 5.74) is 0. The van der Waals surface area contributed by atoms with Crippen molar-refractivity contribution in [1.29, 1.82) is 0 Å². The van der Waals surface area contributed by atoms with Gasteiger partial charge in [-0.1, -0.05) is 13.8 Å². The Labute approximate surface area is 75.4 Å². The highest BCUT2D eigenvalue weighted by Gasteiger charge is 2.30. The van der Waals surface area contributed by atoms with Gasteiger partial charge in [0.25, 0.3) is 0 Å². The fraction of sp³-hybridized carbons (Fsp3) is 1.00. The van der Waals surface area contributed by atoms with Crippen LogP contribution in [-0.2, 0) is 0 Å². The minimum absolute atomic E-state index is 0.233. The normalized spacial score (nSPS) is 17.5. The predicted octanol–water partition coefficient (Wildman–Crippen LogP) is 1.71. The van der Waals surface area contributed by atoms with Crippen molar-refractivity contribution < 1.29 is 23.4 Å². The Morgan fingerprint density at radius 2 is 1.62 bits per heavy atom. The van der Waals surface area contributed by atoms with E-state index in [2.05, 4.69) is 0 Å². The third kappa shape index (κ3) is 5.87. The molecule has 80 valence electrons. The van der Waals surface area contributed by atoms with E-state index in [0.717, 1.165) is 0 Å². The van der Waals surface area contributed by atoms with Crippen LogP contribution in [-0.4, -0.2) is 28.6 Å². The zero-order chi connectivity index (χ0) is 10.6. The van der Waals surface area contributed by atoms with Gasteiger partial charge in [0.2, 0.25) is 0 Å². The van der Waals surface area contributed by atoms with Gasteiger partial charge in [0, 0.05) is 6.42 Å². The van der Waals surface area contributed by atoms with Gasteiger partial charge in [0.1, 0.15) is 0 Å². The molecule has 2 unspecified atom stereocenters. The summed E-state index contributed by atoms with van der Waals surface area (Å²) in [6, 6.07) is 0. The molecule has 0 aliphatic heterocycles. The van der Waals surface area contributed by atoms with Gasteiger partial charge in [-0.15, -0.1) is 0 Å². The molecule has 2 nitrogen and oxygen atoms in total. The molecule has 0 fully saturated rings. The summed E-state index contributed by atoms with van der Waals surface area (Å²) in [5.74, 6) is -0.233. The largest absolute Gasteiger partial charge is 0.390 e. The van der Waals surface area contributed by atoms with Gasteiger partial charge in [-0.05, 0) is 12.3 Å². The fourth-order valence-corrected chi connectivity index (χ4v) is 0.927. The molecule has 13 heavy (non-hydrogen) atoms. The second-order valence-corrected chi connectivity index (χ2v) is 3.46. The number of aliphatic hydroxyl groups excluding tert-OH is 2.